The fraction of sp³-hybridized carbons (Fsp3) is 0.200. The smallest absolute Gasteiger partial charge is 0.308 e. The van der Waals surface area contributed by atoms with Gasteiger partial charge < -0.3 is 4.74 Å². The van der Waals surface area contributed by atoms with E-state index in [0.29, 0.717) is 5.75 Å². The Morgan fingerprint density at radius 3 is 3.00 bits per heavy atom. The highest BCUT2D eigenvalue weighted by molar-refractivity contribution is 7.18. The number of rotatable bonds is 1. The molecule has 0 atom stereocenters. The van der Waals surface area contributed by atoms with Gasteiger partial charge in [-0.1, -0.05) is 6.07 Å². The Bertz CT molecular complexity index is 490. The molecule has 0 radical (unpaired) electrons. The van der Waals surface area contributed by atoms with Gasteiger partial charge in [-0.25, -0.2) is 4.98 Å². The summed E-state index contributed by atoms with van der Waals surface area (Å²) in [7, 11) is 0. The summed E-state index contributed by atoms with van der Waals surface area (Å²) in [6.45, 7) is 3.32. The molecule has 0 aliphatic heterocycles. The third-order valence-corrected chi connectivity index (χ3v) is 2.68. The molecule has 0 saturated heterocycles. The van der Waals surface area contributed by atoms with E-state index in [-0.39, 0.29) is 5.97 Å². The lowest BCUT2D eigenvalue weighted by Gasteiger charge is -2.00. The topological polar surface area (TPSA) is 39.2 Å². The Morgan fingerprint density at radius 1 is 1.50 bits per heavy atom. The second-order valence-corrected chi connectivity index (χ2v) is 4.16. The molecule has 0 unspecified atom stereocenters. The Hall–Kier alpha value is -1.42. The van der Waals surface area contributed by atoms with Crippen molar-refractivity contribution in [3.63, 3.8) is 0 Å². The van der Waals surface area contributed by atoms with Crippen molar-refractivity contribution in [2.75, 3.05) is 0 Å². The van der Waals surface area contributed by atoms with Crippen molar-refractivity contribution < 1.29 is 9.53 Å². The van der Waals surface area contributed by atoms with Crippen LogP contribution in [-0.2, 0) is 4.79 Å². The minimum Gasteiger partial charge on any atom is -0.424 e. The van der Waals surface area contributed by atoms with Crippen LogP contribution in [0.15, 0.2) is 18.2 Å². The van der Waals surface area contributed by atoms with Crippen LogP contribution in [0, 0.1) is 6.92 Å². The lowest BCUT2D eigenvalue weighted by molar-refractivity contribution is -0.131. The molecular weight excluding hydrogens is 198 g/mol. The first-order chi connectivity index (χ1) is 6.66. The summed E-state index contributed by atoms with van der Waals surface area (Å²) >= 11 is 1.59. The molecule has 0 saturated carbocycles. The summed E-state index contributed by atoms with van der Waals surface area (Å²) in [4.78, 5) is 15.1. The van der Waals surface area contributed by atoms with E-state index in [4.69, 9.17) is 4.74 Å². The number of aromatic nitrogens is 1. The summed E-state index contributed by atoms with van der Waals surface area (Å²) in [5, 5.41) is 0.972. The predicted octanol–water partition coefficient (Wildman–Crippen LogP) is 2.53. The zero-order chi connectivity index (χ0) is 10.1. The van der Waals surface area contributed by atoms with Gasteiger partial charge in [0, 0.05) is 6.92 Å². The normalized spacial score (nSPS) is 10.4. The van der Waals surface area contributed by atoms with Gasteiger partial charge >= 0.3 is 5.97 Å². The maximum atomic E-state index is 10.8. The van der Waals surface area contributed by atoms with E-state index in [1.165, 1.54) is 6.92 Å². The van der Waals surface area contributed by atoms with Crippen LogP contribution in [0.1, 0.15) is 11.9 Å². The Morgan fingerprint density at radius 2 is 2.29 bits per heavy atom. The molecule has 2 aromatic rings. The van der Waals surface area contributed by atoms with E-state index in [2.05, 4.69) is 4.98 Å². The van der Waals surface area contributed by atoms with Crippen molar-refractivity contribution >= 4 is 27.5 Å². The fourth-order valence-corrected chi connectivity index (χ4v) is 2.12. The Labute approximate surface area is 85.3 Å². The molecule has 0 aliphatic carbocycles. The van der Waals surface area contributed by atoms with Crippen molar-refractivity contribution in [1.82, 2.24) is 4.98 Å². The van der Waals surface area contributed by atoms with Gasteiger partial charge in [0.1, 0.15) is 5.52 Å². The number of carbonyl (C=O) groups excluding carboxylic acids is 1. The van der Waals surface area contributed by atoms with E-state index in [1.807, 2.05) is 19.1 Å². The number of thiazole rings is 1. The number of nitrogens with zero attached hydrogens (tertiary/aromatic N) is 1. The van der Waals surface area contributed by atoms with Gasteiger partial charge in [-0.15, -0.1) is 11.3 Å². The third kappa shape index (κ3) is 1.61. The second-order valence-electron chi connectivity index (χ2n) is 2.93. The van der Waals surface area contributed by atoms with Crippen LogP contribution in [0.4, 0.5) is 0 Å². The number of benzene rings is 1. The van der Waals surface area contributed by atoms with Gasteiger partial charge in [0.05, 0.1) is 9.71 Å². The second kappa shape index (κ2) is 3.38. The first-order valence-corrected chi connectivity index (χ1v) is 5.03. The Balaban J connectivity index is 2.58. The number of para-hydroxylation sites is 1. The van der Waals surface area contributed by atoms with Crippen molar-refractivity contribution in [1.29, 1.82) is 0 Å². The highest BCUT2D eigenvalue weighted by Gasteiger charge is 2.07. The summed E-state index contributed by atoms with van der Waals surface area (Å²) in [6.07, 6.45) is 0. The summed E-state index contributed by atoms with van der Waals surface area (Å²) in [5.74, 6) is 0.225. The number of hydrogen-bond acceptors (Lipinski definition) is 4. The molecule has 72 valence electrons. The molecule has 1 aromatic heterocycles. The number of aryl methyl sites for hydroxylation is 1. The molecular formula is C10H9NO2S. The van der Waals surface area contributed by atoms with Crippen molar-refractivity contribution in [3.8, 4) is 5.75 Å². The highest BCUT2D eigenvalue weighted by Crippen LogP contribution is 2.29. The Kier molecular flexibility index (Phi) is 2.21. The van der Waals surface area contributed by atoms with Crippen molar-refractivity contribution in [3.05, 3.63) is 23.2 Å². The van der Waals surface area contributed by atoms with E-state index >= 15 is 0 Å². The van der Waals surface area contributed by atoms with Crippen molar-refractivity contribution in [2.24, 2.45) is 0 Å². The van der Waals surface area contributed by atoms with Gasteiger partial charge in [0.25, 0.3) is 0 Å². The van der Waals surface area contributed by atoms with Crippen LogP contribution in [-0.4, -0.2) is 11.0 Å². The molecule has 14 heavy (non-hydrogen) atoms. The van der Waals surface area contributed by atoms with Gasteiger partial charge in [0.15, 0.2) is 5.75 Å². The van der Waals surface area contributed by atoms with Crippen LogP contribution >= 0.6 is 11.3 Å². The molecule has 0 amide bonds. The van der Waals surface area contributed by atoms with E-state index < -0.39 is 0 Å². The average molecular weight is 207 g/mol. The number of ether oxygens (including phenoxy) is 1. The lowest BCUT2D eigenvalue weighted by atomic mass is 10.3. The zero-order valence-electron chi connectivity index (χ0n) is 7.90. The number of hydrogen-bond donors (Lipinski definition) is 0. The maximum Gasteiger partial charge on any atom is 0.308 e. The minimum atomic E-state index is -0.317. The lowest BCUT2D eigenvalue weighted by Crippen LogP contribution is -2.01. The van der Waals surface area contributed by atoms with Crippen LogP contribution in [0.3, 0.4) is 0 Å². The molecule has 0 bridgehead atoms. The number of fused-ring (bicyclic) bond motifs is 1. The SMILES string of the molecule is CC(=O)Oc1cccc2sc(C)nc12. The fourth-order valence-electron chi connectivity index (χ4n) is 1.27. The van der Waals surface area contributed by atoms with Crippen LogP contribution in [0.5, 0.6) is 5.75 Å². The quantitative estimate of drug-likeness (QED) is 0.533. The molecule has 0 aliphatic rings. The monoisotopic (exact) mass is 207 g/mol. The molecule has 4 heteroatoms. The van der Waals surface area contributed by atoms with E-state index in [1.54, 1.807) is 17.4 Å². The van der Waals surface area contributed by atoms with E-state index in [9.17, 15) is 4.79 Å². The minimum absolute atomic E-state index is 0.317. The van der Waals surface area contributed by atoms with Crippen LogP contribution in [0.2, 0.25) is 0 Å². The molecule has 3 nitrogen and oxygen atoms in total. The van der Waals surface area contributed by atoms with Crippen LogP contribution in [0.25, 0.3) is 10.2 Å². The predicted molar refractivity (Wildman–Crippen MR) is 55.7 cm³/mol. The van der Waals surface area contributed by atoms with Gasteiger partial charge in [0.2, 0.25) is 0 Å². The summed E-state index contributed by atoms with van der Waals surface area (Å²) in [6, 6.07) is 5.58. The molecule has 2 rings (SSSR count). The number of carbonyl (C=O) groups is 1. The first-order valence-electron chi connectivity index (χ1n) is 4.21. The van der Waals surface area contributed by atoms with Gasteiger partial charge in [-0.2, -0.15) is 0 Å². The first kappa shape index (κ1) is 9.15. The third-order valence-electron chi connectivity index (χ3n) is 1.74. The van der Waals surface area contributed by atoms with Crippen molar-refractivity contribution in [2.45, 2.75) is 13.8 Å². The molecule has 0 spiro atoms. The zero-order valence-corrected chi connectivity index (χ0v) is 8.72. The summed E-state index contributed by atoms with van der Waals surface area (Å²) in [5.41, 5.74) is 0.769. The van der Waals surface area contributed by atoms with E-state index in [0.717, 1.165) is 15.2 Å². The standard InChI is InChI=1S/C10H9NO2S/c1-6-11-10-8(13-7(2)12)4-3-5-9(10)14-6/h3-5H,1-2H3. The highest BCUT2D eigenvalue weighted by atomic mass is 32.1. The maximum absolute atomic E-state index is 10.8. The molecule has 1 heterocycles. The molecule has 0 fully saturated rings. The molecule has 0 N–H and O–H groups in total. The average Bonchev–Trinajstić information content (AvgIpc) is 2.45. The van der Waals surface area contributed by atoms with Gasteiger partial charge in [-0.05, 0) is 19.1 Å². The molecule has 1 aromatic carbocycles. The van der Waals surface area contributed by atoms with Gasteiger partial charge in [-0.3, -0.25) is 4.79 Å². The van der Waals surface area contributed by atoms with Crippen LogP contribution < -0.4 is 4.74 Å². The summed E-state index contributed by atoms with van der Waals surface area (Å²) < 4.78 is 6.09. The number of esters is 1. The largest absolute Gasteiger partial charge is 0.424 e.